The number of fused-ring (bicyclic) bond motifs is 1. The average molecular weight is 272 g/mol. The van der Waals surface area contributed by atoms with Crippen LogP contribution in [0.15, 0.2) is 30.9 Å². The van der Waals surface area contributed by atoms with Crippen molar-refractivity contribution in [1.29, 1.82) is 0 Å². The third-order valence-corrected chi connectivity index (χ3v) is 2.84. The fraction of sp³-hybridized carbons (Fsp3) is 0.375. The van der Waals surface area contributed by atoms with E-state index in [1.54, 1.807) is 7.11 Å². The van der Waals surface area contributed by atoms with Gasteiger partial charge >= 0.3 is 0 Å². The first-order valence-corrected chi connectivity index (χ1v) is 6.76. The zero-order chi connectivity index (χ0) is 14.5. The molecule has 0 aliphatic heterocycles. The average Bonchev–Trinajstić information content (AvgIpc) is 2.43. The summed E-state index contributed by atoms with van der Waals surface area (Å²) in [5.41, 5.74) is 2.50. The Kier molecular flexibility index (Phi) is 4.56. The van der Waals surface area contributed by atoms with Gasteiger partial charge < -0.3 is 9.47 Å². The first-order chi connectivity index (χ1) is 9.63. The lowest BCUT2D eigenvalue weighted by Crippen LogP contribution is -2.10. The van der Waals surface area contributed by atoms with Gasteiger partial charge in [0.15, 0.2) is 0 Å². The minimum atomic E-state index is 0.0647. The Morgan fingerprint density at radius 1 is 1.25 bits per heavy atom. The fourth-order valence-corrected chi connectivity index (χ4v) is 1.90. The Hall–Kier alpha value is -2.10. The van der Waals surface area contributed by atoms with Crippen molar-refractivity contribution in [1.82, 2.24) is 9.97 Å². The van der Waals surface area contributed by atoms with Gasteiger partial charge in [0.25, 0.3) is 0 Å². The van der Waals surface area contributed by atoms with Gasteiger partial charge in [-0.3, -0.25) is 0 Å². The van der Waals surface area contributed by atoms with E-state index in [1.807, 2.05) is 38.1 Å². The molecule has 1 heterocycles. The molecule has 4 heteroatoms. The van der Waals surface area contributed by atoms with Gasteiger partial charge in [0.1, 0.15) is 11.4 Å². The van der Waals surface area contributed by atoms with Crippen molar-refractivity contribution in [3.8, 4) is 11.6 Å². The molecule has 1 aromatic carbocycles. The number of allylic oxidation sites excluding steroid dienone is 1. The fourth-order valence-electron chi connectivity index (χ4n) is 1.90. The maximum absolute atomic E-state index is 5.78. The molecule has 106 valence electrons. The smallest absolute Gasteiger partial charge is 0.236 e. The molecular weight excluding hydrogens is 252 g/mol. The Morgan fingerprint density at radius 2 is 2.05 bits per heavy atom. The molecule has 0 unspecified atom stereocenters. The van der Waals surface area contributed by atoms with Crippen molar-refractivity contribution in [2.24, 2.45) is 0 Å². The van der Waals surface area contributed by atoms with Gasteiger partial charge in [-0.15, -0.1) is 6.58 Å². The summed E-state index contributed by atoms with van der Waals surface area (Å²) >= 11 is 0. The molecule has 0 aliphatic carbocycles. The van der Waals surface area contributed by atoms with Crippen LogP contribution in [0.3, 0.4) is 0 Å². The highest BCUT2D eigenvalue weighted by atomic mass is 16.5. The summed E-state index contributed by atoms with van der Waals surface area (Å²) in [5, 5.41) is 0. The summed E-state index contributed by atoms with van der Waals surface area (Å²) < 4.78 is 11.0. The predicted molar refractivity (Wildman–Crippen MR) is 80.4 cm³/mol. The third-order valence-electron chi connectivity index (χ3n) is 2.84. The highest BCUT2D eigenvalue weighted by Crippen LogP contribution is 2.24. The summed E-state index contributed by atoms with van der Waals surface area (Å²) in [6, 6.07) is 5.67. The van der Waals surface area contributed by atoms with Crippen molar-refractivity contribution in [2.75, 3.05) is 7.11 Å². The van der Waals surface area contributed by atoms with E-state index in [9.17, 15) is 0 Å². The maximum Gasteiger partial charge on any atom is 0.236 e. The summed E-state index contributed by atoms with van der Waals surface area (Å²) in [4.78, 5) is 9.23. The number of hydrogen-bond acceptors (Lipinski definition) is 4. The van der Waals surface area contributed by atoms with Gasteiger partial charge in [0, 0.05) is 6.07 Å². The van der Waals surface area contributed by atoms with Crippen LogP contribution >= 0.6 is 0 Å². The largest absolute Gasteiger partial charge is 0.497 e. The number of rotatable bonds is 6. The second kappa shape index (κ2) is 6.37. The number of nitrogens with zero attached hydrogens (tertiary/aromatic N) is 2. The summed E-state index contributed by atoms with van der Waals surface area (Å²) in [5.74, 6) is 1.36. The standard InChI is InChI=1S/C16H20N2O2/c1-5-6-7-14-16(20-11(2)3)18-15-10-12(19-4)8-9-13(15)17-14/h5,8-11H,1,6-7H2,2-4H3. The van der Waals surface area contributed by atoms with Gasteiger partial charge in [0.05, 0.1) is 24.2 Å². The SMILES string of the molecule is C=CCCc1nc2ccc(OC)cc2nc1OC(C)C. The van der Waals surface area contributed by atoms with Crippen LogP contribution in [-0.2, 0) is 6.42 Å². The van der Waals surface area contributed by atoms with Crippen LogP contribution in [0.5, 0.6) is 11.6 Å². The molecule has 2 rings (SSSR count). The minimum absolute atomic E-state index is 0.0647. The third kappa shape index (κ3) is 3.26. The van der Waals surface area contributed by atoms with Crippen molar-refractivity contribution in [3.63, 3.8) is 0 Å². The number of aryl methyl sites for hydroxylation is 1. The van der Waals surface area contributed by atoms with Gasteiger partial charge in [-0.05, 0) is 38.8 Å². The van der Waals surface area contributed by atoms with Crippen LogP contribution < -0.4 is 9.47 Å². The normalized spacial score (nSPS) is 10.8. The topological polar surface area (TPSA) is 44.2 Å². The molecule has 0 fully saturated rings. The molecule has 0 saturated carbocycles. The van der Waals surface area contributed by atoms with Crippen molar-refractivity contribution in [3.05, 3.63) is 36.5 Å². The van der Waals surface area contributed by atoms with Crippen LogP contribution in [0.4, 0.5) is 0 Å². The molecular formula is C16H20N2O2. The molecule has 2 aromatic rings. The van der Waals surface area contributed by atoms with Crippen LogP contribution in [0, 0.1) is 0 Å². The Morgan fingerprint density at radius 3 is 2.70 bits per heavy atom. The van der Waals surface area contributed by atoms with E-state index < -0.39 is 0 Å². The van der Waals surface area contributed by atoms with E-state index in [1.165, 1.54) is 0 Å². The Balaban J connectivity index is 2.48. The number of ether oxygens (including phenoxy) is 2. The second-order valence-electron chi connectivity index (χ2n) is 4.82. The molecule has 0 atom stereocenters. The first kappa shape index (κ1) is 14.3. The number of benzene rings is 1. The second-order valence-corrected chi connectivity index (χ2v) is 4.82. The van der Waals surface area contributed by atoms with E-state index in [0.717, 1.165) is 35.3 Å². The first-order valence-electron chi connectivity index (χ1n) is 6.76. The molecule has 0 aliphatic rings. The highest BCUT2D eigenvalue weighted by molar-refractivity contribution is 5.76. The lowest BCUT2D eigenvalue weighted by molar-refractivity contribution is 0.229. The Labute approximate surface area is 119 Å². The van der Waals surface area contributed by atoms with Gasteiger partial charge in [-0.2, -0.15) is 0 Å². The van der Waals surface area contributed by atoms with Gasteiger partial charge in [-0.1, -0.05) is 6.08 Å². The van der Waals surface area contributed by atoms with E-state index in [2.05, 4.69) is 16.5 Å². The van der Waals surface area contributed by atoms with E-state index >= 15 is 0 Å². The molecule has 0 bridgehead atoms. The summed E-state index contributed by atoms with van der Waals surface area (Å²) in [6.07, 6.45) is 3.57. The Bertz CT molecular complexity index is 609. The molecule has 1 aromatic heterocycles. The molecule has 20 heavy (non-hydrogen) atoms. The molecule has 0 amide bonds. The number of hydrogen-bond donors (Lipinski definition) is 0. The molecule has 0 saturated heterocycles. The van der Waals surface area contributed by atoms with Crippen LogP contribution in [0.1, 0.15) is 26.0 Å². The monoisotopic (exact) mass is 272 g/mol. The molecule has 0 N–H and O–H groups in total. The summed E-state index contributed by atoms with van der Waals surface area (Å²) in [7, 11) is 1.64. The lowest BCUT2D eigenvalue weighted by atomic mass is 10.2. The summed E-state index contributed by atoms with van der Waals surface area (Å²) in [6.45, 7) is 7.71. The van der Waals surface area contributed by atoms with E-state index in [4.69, 9.17) is 9.47 Å². The van der Waals surface area contributed by atoms with Gasteiger partial charge in [0.2, 0.25) is 5.88 Å². The molecule has 0 spiro atoms. The van der Waals surface area contributed by atoms with Crippen LogP contribution in [0.25, 0.3) is 11.0 Å². The zero-order valence-electron chi connectivity index (χ0n) is 12.2. The molecule has 0 radical (unpaired) electrons. The molecule has 4 nitrogen and oxygen atoms in total. The predicted octanol–water partition coefficient (Wildman–Crippen LogP) is 3.54. The zero-order valence-corrected chi connectivity index (χ0v) is 12.2. The highest BCUT2D eigenvalue weighted by Gasteiger charge is 2.11. The van der Waals surface area contributed by atoms with Gasteiger partial charge in [-0.25, -0.2) is 9.97 Å². The van der Waals surface area contributed by atoms with E-state index in [-0.39, 0.29) is 6.10 Å². The van der Waals surface area contributed by atoms with E-state index in [0.29, 0.717) is 5.88 Å². The quantitative estimate of drug-likeness (QED) is 0.754. The minimum Gasteiger partial charge on any atom is -0.497 e. The maximum atomic E-state index is 5.78. The van der Waals surface area contributed by atoms with Crippen molar-refractivity contribution >= 4 is 11.0 Å². The van der Waals surface area contributed by atoms with Crippen LogP contribution in [-0.4, -0.2) is 23.2 Å². The van der Waals surface area contributed by atoms with Crippen molar-refractivity contribution < 1.29 is 9.47 Å². The lowest BCUT2D eigenvalue weighted by Gasteiger charge is -2.13. The number of methoxy groups -OCH3 is 1. The number of aromatic nitrogens is 2. The van der Waals surface area contributed by atoms with Crippen molar-refractivity contribution in [2.45, 2.75) is 32.8 Å². The van der Waals surface area contributed by atoms with Crippen LogP contribution in [0.2, 0.25) is 0 Å².